The summed E-state index contributed by atoms with van der Waals surface area (Å²) in [5.74, 6) is -0.0988. The van der Waals surface area contributed by atoms with E-state index < -0.39 is 6.04 Å². The van der Waals surface area contributed by atoms with Crippen LogP contribution in [0.25, 0.3) is 0 Å². The molecule has 1 aromatic rings. The molecule has 0 saturated carbocycles. The molecule has 6 nitrogen and oxygen atoms in total. The zero-order valence-electron chi connectivity index (χ0n) is 12.7. The summed E-state index contributed by atoms with van der Waals surface area (Å²) in [6, 6.07) is 2.50. The van der Waals surface area contributed by atoms with Crippen LogP contribution in [-0.2, 0) is 9.59 Å². The van der Waals surface area contributed by atoms with Gasteiger partial charge in [-0.1, -0.05) is 6.07 Å². The largest absolute Gasteiger partial charge is 0.346 e. The molecule has 1 aromatic heterocycles. The second-order valence-corrected chi connectivity index (χ2v) is 7.31. The van der Waals surface area contributed by atoms with Gasteiger partial charge in [0.15, 0.2) is 0 Å². The Morgan fingerprint density at radius 1 is 1.13 bits per heavy atom. The lowest BCUT2D eigenvalue weighted by Gasteiger charge is -2.45. The van der Waals surface area contributed by atoms with Gasteiger partial charge in [-0.2, -0.15) is 0 Å². The van der Waals surface area contributed by atoms with Gasteiger partial charge in [-0.3, -0.25) is 14.4 Å². The molecule has 1 N–H and O–H groups in total. The molecule has 3 aliphatic rings. The lowest BCUT2D eigenvalue weighted by molar-refractivity contribution is -0.161. The number of fused-ring (bicyclic) bond motifs is 2. The van der Waals surface area contributed by atoms with Crippen molar-refractivity contribution in [1.82, 2.24) is 15.1 Å². The molecule has 3 atom stereocenters. The molecular formula is C16H19N3O3S. The van der Waals surface area contributed by atoms with E-state index in [1.807, 2.05) is 11.4 Å². The van der Waals surface area contributed by atoms with Crippen LogP contribution >= 0.6 is 11.3 Å². The van der Waals surface area contributed by atoms with E-state index >= 15 is 0 Å². The molecule has 3 saturated heterocycles. The number of piperidine rings is 1. The first kappa shape index (κ1) is 14.7. The predicted octanol–water partition coefficient (Wildman–Crippen LogP) is 0.842. The molecule has 0 aromatic carbocycles. The summed E-state index contributed by atoms with van der Waals surface area (Å²) in [6.07, 6.45) is 3.35. The average Bonchev–Trinajstić information content (AvgIpc) is 3.22. The first-order valence-corrected chi connectivity index (χ1v) is 9.00. The van der Waals surface area contributed by atoms with Crippen LogP contribution < -0.4 is 5.32 Å². The zero-order chi connectivity index (χ0) is 16.0. The van der Waals surface area contributed by atoms with Crippen LogP contribution in [0.1, 0.15) is 35.4 Å². The predicted molar refractivity (Wildman–Crippen MR) is 85.0 cm³/mol. The maximum Gasteiger partial charge on any atom is 0.261 e. The van der Waals surface area contributed by atoms with Gasteiger partial charge in [-0.15, -0.1) is 11.3 Å². The van der Waals surface area contributed by atoms with Crippen LogP contribution in [-0.4, -0.2) is 58.7 Å². The fraction of sp³-hybridized carbons (Fsp3) is 0.562. The van der Waals surface area contributed by atoms with Crippen molar-refractivity contribution in [1.29, 1.82) is 0 Å². The molecule has 4 heterocycles. The van der Waals surface area contributed by atoms with Crippen molar-refractivity contribution in [3.05, 3.63) is 22.4 Å². The molecular weight excluding hydrogens is 314 g/mol. The number of rotatable bonds is 2. The molecule has 3 amide bonds. The van der Waals surface area contributed by atoms with E-state index in [9.17, 15) is 14.4 Å². The highest BCUT2D eigenvalue weighted by Crippen LogP contribution is 2.31. The first-order chi connectivity index (χ1) is 11.2. The summed E-state index contributed by atoms with van der Waals surface area (Å²) < 4.78 is 0. The molecule has 7 heteroatoms. The molecule has 0 unspecified atom stereocenters. The number of carbonyl (C=O) groups excluding carboxylic acids is 3. The van der Waals surface area contributed by atoms with E-state index in [4.69, 9.17) is 0 Å². The van der Waals surface area contributed by atoms with Crippen molar-refractivity contribution in [2.75, 3.05) is 13.1 Å². The summed E-state index contributed by atoms with van der Waals surface area (Å²) in [6.45, 7) is 1.21. The Morgan fingerprint density at radius 2 is 2.00 bits per heavy atom. The van der Waals surface area contributed by atoms with Gasteiger partial charge in [0, 0.05) is 13.1 Å². The Morgan fingerprint density at radius 3 is 2.78 bits per heavy atom. The first-order valence-electron chi connectivity index (χ1n) is 8.12. The Balaban J connectivity index is 1.54. The summed E-state index contributed by atoms with van der Waals surface area (Å²) in [7, 11) is 0. The van der Waals surface area contributed by atoms with E-state index in [2.05, 4.69) is 5.32 Å². The number of carbonyl (C=O) groups is 3. The SMILES string of the molecule is O=C(N[C@H]1CCN2C(=O)[C@H]3CCCCN3C(=O)[C@H]12)c1cccs1. The van der Waals surface area contributed by atoms with E-state index in [0.717, 1.165) is 19.3 Å². The topological polar surface area (TPSA) is 69.7 Å². The molecule has 0 aliphatic carbocycles. The zero-order valence-corrected chi connectivity index (χ0v) is 13.6. The Labute approximate surface area is 138 Å². The minimum absolute atomic E-state index is 0.00304. The van der Waals surface area contributed by atoms with Crippen molar-refractivity contribution in [3.63, 3.8) is 0 Å². The summed E-state index contributed by atoms with van der Waals surface area (Å²) in [4.78, 5) is 41.9. The maximum absolute atomic E-state index is 12.8. The second kappa shape index (κ2) is 5.63. The van der Waals surface area contributed by atoms with Crippen molar-refractivity contribution in [2.24, 2.45) is 0 Å². The minimum Gasteiger partial charge on any atom is -0.346 e. The third-order valence-corrected chi connectivity index (χ3v) is 5.94. The Kier molecular flexibility index (Phi) is 3.60. The lowest BCUT2D eigenvalue weighted by Crippen LogP contribution is -2.67. The highest BCUT2D eigenvalue weighted by Gasteiger charge is 2.52. The van der Waals surface area contributed by atoms with Gasteiger partial charge in [0.1, 0.15) is 12.1 Å². The minimum atomic E-state index is -0.527. The highest BCUT2D eigenvalue weighted by molar-refractivity contribution is 7.12. The van der Waals surface area contributed by atoms with E-state index in [-0.39, 0.29) is 29.8 Å². The number of hydrogen-bond donors (Lipinski definition) is 1. The number of piperazine rings is 1. The number of thiophene rings is 1. The molecule has 3 aliphatic heterocycles. The van der Waals surface area contributed by atoms with Crippen molar-refractivity contribution < 1.29 is 14.4 Å². The van der Waals surface area contributed by atoms with Crippen LogP contribution in [0, 0.1) is 0 Å². The summed E-state index contributed by atoms with van der Waals surface area (Å²) >= 11 is 1.38. The lowest BCUT2D eigenvalue weighted by atomic mass is 9.94. The van der Waals surface area contributed by atoms with Gasteiger partial charge in [0.25, 0.3) is 5.91 Å². The molecule has 0 spiro atoms. The van der Waals surface area contributed by atoms with E-state index in [1.165, 1.54) is 11.3 Å². The number of hydrogen-bond acceptors (Lipinski definition) is 4. The summed E-state index contributed by atoms with van der Waals surface area (Å²) in [5.41, 5.74) is 0. The molecule has 0 bridgehead atoms. The van der Waals surface area contributed by atoms with Crippen molar-refractivity contribution in [2.45, 2.75) is 43.8 Å². The third kappa shape index (κ3) is 2.34. The fourth-order valence-corrected chi connectivity index (χ4v) is 4.58. The second-order valence-electron chi connectivity index (χ2n) is 6.37. The Bertz CT molecular complexity index is 645. The number of nitrogens with zero attached hydrogens (tertiary/aromatic N) is 2. The molecule has 3 fully saturated rings. The van der Waals surface area contributed by atoms with Gasteiger partial charge in [0.05, 0.1) is 10.9 Å². The van der Waals surface area contributed by atoms with Crippen molar-refractivity contribution in [3.8, 4) is 0 Å². The quantitative estimate of drug-likeness (QED) is 0.872. The van der Waals surface area contributed by atoms with Crippen molar-refractivity contribution >= 4 is 29.1 Å². The highest BCUT2D eigenvalue weighted by atomic mass is 32.1. The summed E-state index contributed by atoms with van der Waals surface area (Å²) in [5, 5.41) is 4.81. The van der Waals surface area contributed by atoms with E-state index in [0.29, 0.717) is 24.4 Å². The van der Waals surface area contributed by atoms with Gasteiger partial charge >= 0.3 is 0 Å². The number of amides is 3. The van der Waals surface area contributed by atoms with Crippen LogP contribution in [0.15, 0.2) is 17.5 Å². The van der Waals surface area contributed by atoms with Crippen LogP contribution in [0.3, 0.4) is 0 Å². The fourth-order valence-electron chi connectivity index (χ4n) is 3.96. The van der Waals surface area contributed by atoms with Crippen LogP contribution in [0.4, 0.5) is 0 Å². The van der Waals surface area contributed by atoms with Gasteiger partial charge in [-0.05, 0) is 37.1 Å². The molecule has 0 radical (unpaired) electrons. The average molecular weight is 333 g/mol. The number of nitrogens with one attached hydrogen (secondary N) is 1. The van der Waals surface area contributed by atoms with Crippen LogP contribution in [0.2, 0.25) is 0 Å². The van der Waals surface area contributed by atoms with E-state index in [1.54, 1.807) is 15.9 Å². The van der Waals surface area contributed by atoms with Gasteiger partial charge in [-0.25, -0.2) is 0 Å². The smallest absolute Gasteiger partial charge is 0.261 e. The van der Waals surface area contributed by atoms with Gasteiger partial charge in [0.2, 0.25) is 11.8 Å². The normalized spacial score (nSPS) is 30.2. The Hall–Kier alpha value is -1.89. The third-order valence-electron chi connectivity index (χ3n) is 5.07. The maximum atomic E-state index is 12.8. The molecule has 23 heavy (non-hydrogen) atoms. The monoisotopic (exact) mass is 333 g/mol. The van der Waals surface area contributed by atoms with Crippen LogP contribution in [0.5, 0.6) is 0 Å². The standard InChI is InChI=1S/C16H19N3O3S/c20-14(12-5-3-9-23-12)17-10-6-8-19-13(10)16(22)18-7-2-1-4-11(18)15(19)21/h3,5,9-11,13H,1-2,4,6-8H2,(H,17,20)/t10-,11+,13-/m0/s1. The molecule has 4 rings (SSSR count). The van der Waals surface area contributed by atoms with Gasteiger partial charge < -0.3 is 15.1 Å². The molecule has 122 valence electrons.